The van der Waals surface area contributed by atoms with Crippen molar-refractivity contribution in [1.82, 2.24) is 4.90 Å². The summed E-state index contributed by atoms with van der Waals surface area (Å²) >= 11 is 0. The van der Waals surface area contributed by atoms with Gasteiger partial charge in [-0.1, -0.05) is 0 Å². The number of nitriles is 2. The molecule has 0 aromatic heterocycles. The highest BCUT2D eigenvalue weighted by Gasteiger charge is 2.14. The Morgan fingerprint density at radius 3 is 2.12 bits per heavy atom. The first-order valence-electron chi connectivity index (χ1n) is 4.47. The van der Waals surface area contributed by atoms with E-state index in [2.05, 4.69) is 0 Å². The second kappa shape index (κ2) is 5.47. The first kappa shape index (κ1) is 11.7. The number of amides is 1. The summed E-state index contributed by atoms with van der Waals surface area (Å²) in [6, 6.07) is 8.54. The van der Waals surface area contributed by atoms with Crippen LogP contribution in [0.25, 0.3) is 0 Å². The van der Waals surface area contributed by atoms with Crippen molar-refractivity contribution < 1.29 is 9.18 Å². The fraction of sp³-hybridized carbons (Fsp3) is 0.182. The van der Waals surface area contributed by atoms with Gasteiger partial charge >= 0.3 is 0 Å². The molecule has 1 rings (SSSR count). The van der Waals surface area contributed by atoms with E-state index in [1.807, 2.05) is 0 Å². The summed E-state index contributed by atoms with van der Waals surface area (Å²) in [7, 11) is 0. The van der Waals surface area contributed by atoms with Crippen molar-refractivity contribution in [1.29, 1.82) is 10.5 Å². The Morgan fingerprint density at radius 2 is 1.69 bits per heavy atom. The van der Waals surface area contributed by atoms with E-state index in [1.165, 1.54) is 12.1 Å². The van der Waals surface area contributed by atoms with Gasteiger partial charge < -0.3 is 4.90 Å². The second-order valence-corrected chi connectivity index (χ2v) is 2.98. The summed E-state index contributed by atoms with van der Waals surface area (Å²) in [5.74, 6) is -0.897. The highest BCUT2D eigenvalue weighted by Crippen LogP contribution is 2.06. The lowest BCUT2D eigenvalue weighted by Crippen LogP contribution is -2.31. The van der Waals surface area contributed by atoms with Gasteiger partial charge in [0.05, 0.1) is 12.1 Å². The minimum Gasteiger partial charge on any atom is -0.312 e. The largest absolute Gasteiger partial charge is 0.312 e. The van der Waals surface area contributed by atoms with Crippen LogP contribution in [0.5, 0.6) is 0 Å². The molecule has 0 aliphatic heterocycles. The maximum atomic E-state index is 12.6. The predicted molar refractivity (Wildman–Crippen MR) is 53.5 cm³/mol. The van der Waals surface area contributed by atoms with Gasteiger partial charge in [-0.3, -0.25) is 4.79 Å². The van der Waals surface area contributed by atoms with Gasteiger partial charge in [-0.25, -0.2) is 4.39 Å². The Bertz CT molecular complexity index is 440. The zero-order valence-electron chi connectivity index (χ0n) is 8.35. The van der Waals surface area contributed by atoms with Crippen LogP contribution in [0.15, 0.2) is 24.3 Å². The molecule has 0 radical (unpaired) electrons. The van der Waals surface area contributed by atoms with Crippen molar-refractivity contribution in [2.75, 3.05) is 13.1 Å². The molecule has 0 saturated heterocycles. The molecule has 0 saturated carbocycles. The number of rotatable bonds is 3. The van der Waals surface area contributed by atoms with Crippen LogP contribution in [0.4, 0.5) is 4.39 Å². The van der Waals surface area contributed by atoms with Crippen LogP contribution >= 0.6 is 0 Å². The van der Waals surface area contributed by atoms with Crippen molar-refractivity contribution in [3.8, 4) is 12.1 Å². The van der Waals surface area contributed by atoms with Crippen LogP contribution in [0, 0.1) is 28.5 Å². The minimum atomic E-state index is -0.455. The van der Waals surface area contributed by atoms with Gasteiger partial charge in [-0.2, -0.15) is 10.5 Å². The Kier molecular flexibility index (Phi) is 3.99. The van der Waals surface area contributed by atoms with E-state index in [0.717, 1.165) is 17.0 Å². The third-order valence-electron chi connectivity index (χ3n) is 1.90. The molecule has 1 aromatic rings. The molecule has 0 spiro atoms. The number of hydrogen-bond acceptors (Lipinski definition) is 3. The molecule has 4 nitrogen and oxygen atoms in total. The standard InChI is InChI=1S/C11H8FN3O/c12-10-3-1-9(2-4-10)11(16)15(7-5-13)8-6-14/h1-4H,7-8H2. The highest BCUT2D eigenvalue weighted by atomic mass is 19.1. The highest BCUT2D eigenvalue weighted by molar-refractivity contribution is 5.94. The number of halogens is 1. The molecule has 1 aromatic carbocycles. The molecule has 0 unspecified atom stereocenters. The zero-order valence-corrected chi connectivity index (χ0v) is 8.35. The molecule has 16 heavy (non-hydrogen) atoms. The van der Waals surface area contributed by atoms with Crippen LogP contribution in [0.3, 0.4) is 0 Å². The van der Waals surface area contributed by atoms with Crippen LogP contribution in [-0.2, 0) is 0 Å². The Balaban J connectivity index is 2.87. The van der Waals surface area contributed by atoms with Gasteiger partial charge in [0, 0.05) is 5.56 Å². The number of nitrogens with zero attached hydrogens (tertiary/aromatic N) is 3. The number of carbonyl (C=O) groups excluding carboxylic acids is 1. The van der Waals surface area contributed by atoms with E-state index in [-0.39, 0.29) is 18.7 Å². The van der Waals surface area contributed by atoms with Gasteiger partial charge in [0.25, 0.3) is 5.91 Å². The third kappa shape index (κ3) is 2.79. The first-order valence-corrected chi connectivity index (χ1v) is 4.47. The van der Waals surface area contributed by atoms with Gasteiger partial charge in [0.1, 0.15) is 18.9 Å². The number of hydrogen-bond donors (Lipinski definition) is 0. The average molecular weight is 217 g/mol. The van der Waals surface area contributed by atoms with E-state index in [1.54, 1.807) is 12.1 Å². The summed E-state index contributed by atoms with van der Waals surface area (Å²) in [4.78, 5) is 12.8. The first-order chi connectivity index (χ1) is 7.69. The van der Waals surface area contributed by atoms with Crippen LogP contribution < -0.4 is 0 Å². The lowest BCUT2D eigenvalue weighted by Gasteiger charge is -2.15. The lowest BCUT2D eigenvalue weighted by molar-refractivity contribution is 0.0794. The van der Waals surface area contributed by atoms with Crippen LogP contribution in [0.2, 0.25) is 0 Å². The zero-order chi connectivity index (χ0) is 12.0. The summed E-state index contributed by atoms with van der Waals surface area (Å²) in [5.41, 5.74) is 0.256. The van der Waals surface area contributed by atoms with Crippen molar-refractivity contribution >= 4 is 5.91 Å². The SMILES string of the molecule is N#CCN(CC#N)C(=O)c1ccc(F)cc1. The molecular formula is C11H8FN3O. The molecule has 0 bridgehead atoms. The second-order valence-electron chi connectivity index (χ2n) is 2.98. The van der Waals surface area contributed by atoms with Gasteiger partial charge in [-0.15, -0.1) is 0 Å². The Labute approximate surface area is 92.1 Å². The fourth-order valence-corrected chi connectivity index (χ4v) is 1.15. The average Bonchev–Trinajstić information content (AvgIpc) is 2.29. The summed E-state index contributed by atoms with van der Waals surface area (Å²) < 4.78 is 12.6. The van der Waals surface area contributed by atoms with Crippen molar-refractivity contribution in [2.45, 2.75) is 0 Å². The maximum absolute atomic E-state index is 12.6. The van der Waals surface area contributed by atoms with Crippen LogP contribution in [0.1, 0.15) is 10.4 Å². The molecule has 0 atom stereocenters. The predicted octanol–water partition coefficient (Wildman–Crippen LogP) is 1.32. The quantitative estimate of drug-likeness (QED) is 0.717. The van der Waals surface area contributed by atoms with E-state index in [9.17, 15) is 9.18 Å². The van der Waals surface area contributed by atoms with Gasteiger partial charge in [-0.05, 0) is 24.3 Å². The van der Waals surface area contributed by atoms with E-state index in [4.69, 9.17) is 10.5 Å². The molecule has 0 aliphatic rings. The van der Waals surface area contributed by atoms with Crippen LogP contribution in [-0.4, -0.2) is 23.9 Å². The van der Waals surface area contributed by atoms with Gasteiger partial charge in [0.2, 0.25) is 0 Å². The topological polar surface area (TPSA) is 67.9 Å². The summed E-state index contributed by atoms with van der Waals surface area (Å²) in [5, 5.41) is 17.0. The summed E-state index contributed by atoms with van der Waals surface area (Å²) in [6.45, 7) is -0.326. The Morgan fingerprint density at radius 1 is 1.19 bits per heavy atom. The molecule has 0 N–H and O–H groups in total. The van der Waals surface area contributed by atoms with E-state index < -0.39 is 11.7 Å². The molecule has 5 heteroatoms. The lowest BCUT2D eigenvalue weighted by atomic mass is 10.2. The van der Waals surface area contributed by atoms with Crippen molar-refractivity contribution in [2.24, 2.45) is 0 Å². The molecule has 0 aliphatic carbocycles. The molecule has 1 amide bonds. The van der Waals surface area contributed by atoms with Gasteiger partial charge in [0.15, 0.2) is 0 Å². The molecule has 0 fully saturated rings. The number of benzene rings is 1. The van der Waals surface area contributed by atoms with E-state index in [0.29, 0.717) is 0 Å². The van der Waals surface area contributed by atoms with E-state index >= 15 is 0 Å². The molecule has 0 heterocycles. The minimum absolute atomic E-state index is 0.163. The monoisotopic (exact) mass is 217 g/mol. The third-order valence-corrected chi connectivity index (χ3v) is 1.90. The fourth-order valence-electron chi connectivity index (χ4n) is 1.15. The smallest absolute Gasteiger partial charge is 0.255 e. The number of carbonyl (C=O) groups is 1. The molecular weight excluding hydrogens is 209 g/mol. The van der Waals surface area contributed by atoms with Crippen molar-refractivity contribution in [3.05, 3.63) is 35.6 Å². The summed E-state index contributed by atoms with van der Waals surface area (Å²) in [6.07, 6.45) is 0. The Hall–Kier alpha value is -2.40. The normalized spacial score (nSPS) is 8.94. The van der Waals surface area contributed by atoms with Crippen molar-refractivity contribution in [3.63, 3.8) is 0 Å². The maximum Gasteiger partial charge on any atom is 0.255 e. The molecule has 80 valence electrons.